The Hall–Kier alpha value is -2.15. The molecule has 4 rings (SSSR count). The van der Waals surface area contributed by atoms with E-state index in [2.05, 4.69) is 10.2 Å². The van der Waals surface area contributed by atoms with E-state index in [9.17, 15) is 14.0 Å². The fourth-order valence-electron chi connectivity index (χ4n) is 4.87. The second-order valence-corrected chi connectivity index (χ2v) is 9.74. The fraction of sp³-hybridized carbons (Fsp3) is 0.440. The van der Waals surface area contributed by atoms with Crippen LogP contribution >= 0.6 is 23.2 Å². The molecule has 2 aromatic rings. The summed E-state index contributed by atoms with van der Waals surface area (Å²) in [6, 6.07) is 9.34. The molecule has 0 radical (unpaired) electrons. The lowest BCUT2D eigenvalue weighted by Crippen LogP contribution is -2.57. The number of anilines is 1. The number of rotatable bonds is 5. The molecule has 1 saturated heterocycles. The summed E-state index contributed by atoms with van der Waals surface area (Å²) in [6.07, 6.45) is 4.22. The van der Waals surface area contributed by atoms with Crippen LogP contribution in [0.1, 0.15) is 41.6 Å². The first-order valence-electron chi connectivity index (χ1n) is 11.4. The molecule has 176 valence electrons. The van der Waals surface area contributed by atoms with Gasteiger partial charge in [-0.1, -0.05) is 42.1 Å². The number of nitrogens with zero attached hydrogens (tertiary/aromatic N) is 2. The van der Waals surface area contributed by atoms with Crippen LogP contribution in [-0.4, -0.2) is 53.8 Å². The van der Waals surface area contributed by atoms with Gasteiger partial charge < -0.3 is 10.2 Å². The zero-order valence-electron chi connectivity index (χ0n) is 18.6. The van der Waals surface area contributed by atoms with Crippen molar-refractivity contribution in [3.8, 4) is 0 Å². The van der Waals surface area contributed by atoms with Crippen molar-refractivity contribution in [1.82, 2.24) is 9.80 Å². The van der Waals surface area contributed by atoms with Gasteiger partial charge in [0.2, 0.25) is 5.91 Å². The molecule has 1 aliphatic carbocycles. The van der Waals surface area contributed by atoms with Gasteiger partial charge in [0.15, 0.2) is 0 Å². The summed E-state index contributed by atoms with van der Waals surface area (Å²) >= 11 is 12.2. The first kappa shape index (κ1) is 24.0. The monoisotopic (exact) mass is 491 g/mol. The SMILES string of the molecule is Cc1ccc(NC(=O)[C@@H](C2CCCC2)N2CCN(C(=O)c3ccc(Cl)cc3Cl)CC2)cc1F. The molecule has 5 nitrogen and oxygen atoms in total. The van der Waals surface area contributed by atoms with Crippen LogP contribution in [-0.2, 0) is 4.79 Å². The highest BCUT2D eigenvalue weighted by Gasteiger charge is 2.37. The van der Waals surface area contributed by atoms with E-state index in [-0.39, 0.29) is 29.6 Å². The van der Waals surface area contributed by atoms with E-state index in [0.717, 1.165) is 25.7 Å². The van der Waals surface area contributed by atoms with E-state index < -0.39 is 0 Å². The molecular formula is C25H28Cl2FN3O2. The van der Waals surface area contributed by atoms with E-state index in [0.29, 0.717) is 53.0 Å². The minimum Gasteiger partial charge on any atom is -0.336 e. The van der Waals surface area contributed by atoms with Gasteiger partial charge in [0.25, 0.3) is 5.91 Å². The van der Waals surface area contributed by atoms with Gasteiger partial charge in [0.05, 0.1) is 16.6 Å². The number of hydrogen-bond acceptors (Lipinski definition) is 3. The molecule has 8 heteroatoms. The maximum absolute atomic E-state index is 14.0. The quantitative estimate of drug-likeness (QED) is 0.609. The van der Waals surface area contributed by atoms with Crippen molar-refractivity contribution in [2.24, 2.45) is 5.92 Å². The summed E-state index contributed by atoms with van der Waals surface area (Å²) < 4.78 is 14.0. The van der Waals surface area contributed by atoms with Crippen LogP contribution in [0.25, 0.3) is 0 Å². The van der Waals surface area contributed by atoms with E-state index in [1.807, 2.05) is 0 Å². The van der Waals surface area contributed by atoms with Crippen molar-refractivity contribution in [3.63, 3.8) is 0 Å². The number of halogens is 3. The van der Waals surface area contributed by atoms with Crippen molar-refractivity contribution < 1.29 is 14.0 Å². The number of hydrogen-bond donors (Lipinski definition) is 1. The van der Waals surface area contributed by atoms with Gasteiger partial charge in [-0.3, -0.25) is 14.5 Å². The third kappa shape index (κ3) is 5.51. The topological polar surface area (TPSA) is 52.7 Å². The molecule has 0 spiro atoms. The second kappa shape index (κ2) is 10.4. The molecule has 2 fully saturated rings. The number of nitrogens with one attached hydrogen (secondary N) is 1. The predicted molar refractivity (Wildman–Crippen MR) is 129 cm³/mol. The average molecular weight is 492 g/mol. The van der Waals surface area contributed by atoms with Crippen LogP contribution in [0.2, 0.25) is 10.0 Å². The highest BCUT2D eigenvalue weighted by molar-refractivity contribution is 6.36. The first-order chi connectivity index (χ1) is 15.8. The molecule has 1 aliphatic heterocycles. The lowest BCUT2D eigenvalue weighted by atomic mass is 9.94. The van der Waals surface area contributed by atoms with Crippen LogP contribution in [0.15, 0.2) is 36.4 Å². The number of carbonyl (C=O) groups is 2. The molecule has 1 saturated carbocycles. The Balaban J connectivity index is 1.44. The summed E-state index contributed by atoms with van der Waals surface area (Å²) in [7, 11) is 0. The first-order valence-corrected chi connectivity index (χ1v) is 12.1. The molecule has 2 aliphatic rings. The molecule has 2 aromatic carbocycles. The number of amides is 2. The van der Waals surface area contributed by atoms with Gasteiger partial charge in [-0.15, -0.1) is 0 Å². The molecule has 0 aromatic heterocycles. The second-order valence-electron chi connectivity index (χ2n) is 8.89. The van der Waals surface area contributed by atoms with Gasteiger partial charge >= 0.3 is 0 Å². The van der Waals surface area contributed by atoms with Gasteiger partial charge in [-0.2, -0.15) is 0 Å². The Bertz CT molecular complexity index is 1030. The predicted octanol–water partition coefficient (Wildman–Crippen LogP) is 5.40. The number of benzene rings is 2. The molecule has 33 heavy (non-hydrogen) atoms. The third-order valence-electron chi connectivity index (χ3n) is 6.71. The Kier molecular flexibility index (Phi) is 7.57. The molecule has 0 unspecified atom stereocenters. The van der Waals surface area contributed by atoms with Crippen LogP contribution in [0.4, 0.5) is 10.1 Å². The van der Waals surface area contributed by atoms with Gasteiger partial charge in [0, 0.05) is 36.9 Å². The van der Waals surface area contributed by atoms with Gasteiger partial charge in [-0.05, 0) is 61.6 Å². The number of piperazine rings is 1. The minimum atomic E-state index is -0.335. The Morgan fingerprint density at radius 3 is 2.36 bits per heavy atom. The number of carbonyl (C=O) groups excluding carboxylic acids is 2. The molecular weight excluding hydrogens is 464 g/mol. The van der Waals surface area contributed by atoms with Gasteiger partial charge in [0.1, 0.15) is 5.82 Å². The highest BCUT2D eigenvalue weighted by Crippen LogP contribution is 2.32. The van der Waals surface area contributed by atoms with Gasteiger partial charge in [-0.25, -0.2) is 4.39 Å². The summed E-state index contributed by atoms with van der Waals surface area (Å²) in [5, 5.41) is 3.75. The zero-order valence-corrected chi connectivity index (χ0v) is 20.1. The molecule has 2 amide bonds. The van der Waals surface area contributed by atoms with Crippen LogP contribution in [0.3, 0.4) is 0 Å². The van der Waals surface area contributed by atoms with Crippen LogP contribution in [0.5, 0.6) is 0 Å². The van der Waals surface area contributed by atoms with E-state index in [4.69, 9.17) is 23.2 Å². The zero-order chi connectivity index (χ0) is 23.5. The summed E-state index contributed by atoms with van der Waals surface area (Å²) in [5.41, 5.74) is 1.44. The van der Waals surface area contributed by atoms with E-state index >= 15 is 0 Å². The minimum absolute atomic E-state index is 0.106. The lowest BCUT2D eigenvalue weighted by Gasteiger charge is -2.40. The van der Waals surface area contributed by atoms with Crippen molar-refractivity contribution in [3.05, 3.63) is 63.4 Å². The number of aryl methyl sites for hydroxylation is 1. The molecule has 0 bridgehead atoms. The molecule has 1 heterocycles. The highest BCUT2D eigenvalue weighted by atomic mass is 35.5. The van der Waals surface area contributed by atoms with E-state index in [1.165, 1.54) is 6.07 Å². The van der Waals surface area contributed by atoms with Crippen molar-refractivity contribution in [2.75, 3.05) is 31.5 Å². The van der Waals surface area contributed by atoms with Crippen molar-refractivity contribution >= 4 is 40.7 Å². The smallest absolute Gasteiger partial charge is 0.255 e. The van der Waals surface area contributed by atoms with Crippen molar-refractivity contribution in [1.29, 1.82) is 0 Å². The van der Waals surface area contributed by atoms with Crippen molar-refractivity contribution in [2.45, 2.75) is 38.6 Å². The maximum atomic E-state index is 14.0. The van der Waals surface area contributed by atoms with Crippen LogP contribution < -0.4 is 5.32 Å². The largest absolute Gasteiger partial charge is 0.336 e. The molecule has 1 N–H and O–H groups in total. The summed E-state index contributed by atoms with van der Waals surface area (Å²) in [4.78, 5) is 30.2. The van der Waals surface area contributed by atoms with Crippen LogP contribution in [0, 0.1) is 18.7 Å². The maximum Gasteiger partial charge on any atom is 0.255 e. The summed E-state index contributed by atoms with van der Waals surface area (Å²) in [6.45, 7) is 3.89. The Labute approximate surface area is 203 Å². The Morgan fingerprint density at radius 1 is 1.03 bits per heavy atom. The Morgan fingerprint density at radius 2 is 1.73 bits per heavy atom. The van der Waals surface area contributed by atoms with E-state index in [1.54, 1.807) is 42.2 Å². The molecule has 1 atom stereocenters. The average Bonchev–Trinajstić information content (AvgIpc) is 3.31. The lowest BCUT2D eigenvalue weighted by molar-refractivity contribution is -0.123. The normalized spacial score (nSPS) is 18.4. The standard InChI is InChI=1S/C25H28Cl2FN3O2/c1-16-6-8-19(15-22(16)28)29-24(32)23(17-4-2-3-5-17)30-10-12-31(13-11-30)25(33)20-9-7-18(26)14-21(20)27/h6-9,14-15,17,23H,2-5,10-13H2,1H3,(H,29,32)/t23-/m1/s1. The third-order valence-corrected chi connectivity index (χ3v) is 7.26. The fourth-order valence-corrected chi connectivity index (χ4v) is 5.36. The summed E-state index contributed by atoms with van der Waals surface area (Å²) in [5.74, 6) is -0.314.